The van der Waals surface area contributed by atoms with E-state index in [1.54, 1.807) is 7.11 Å². The second kappa shape index (κ2) is 5.32. The number of aryl methyl sites for hydroxylation is 2. The monoisotopic (exact) mass is 235 g/mol. The van der Waals surface area contributed by atoms with Crippen LogP contribution in [0.2, 0.25) is 0 Å². The highest BCUT2D eigenvalue weighted by Crippen LogP contribution is 2.30. The molecule has 0 amide bonds. The Kier molecular flexibility index (Phi) is 4.29. The SMILES string of the molecule is COc1c(C)c(C)cc(C)c1C(=O)CC(C)N. The minimum Gasteiger partial charge on any atom is -0.496 e. The molecular weight excluding hydrogens is 214 g/mol. The lowest BCUT2D eigenvalue weighted by Crippen LogP contribution is -2.20. The van der Waals surface area contributed by atoms with Crippen molar-refractivity contribution >= 4 is 5.78 Å². The number of carbonyl (C=O) groups excluding carboxylic acids is 1. The molecule has 1 aromatic carbocycles. The molecule has 0 saturated carbocycles. The number of benzene rings is 1. The zero-order valence-electron chi connectivity index (χ0n) is 11.3. The molecule has 0 aliphatic heterocycles. The molecule has 0 fully saturated rings. The number of ether oxygens (including phenoxy) is 1. The molecule has 3 heteroatoms. The third-order valence-electron chi connectivity index (χ3n) is 2.98. The van der Waals surface area contributed by atoms with Crippen LogP contribution in [0.3, 0.4) is 0 Å². The summed E-state index contributed by atoms with van der Waals surface area (Å²) >= 11 is 0. The summed E-state index contributed by atoms with van der Waals surface area (Å²) in [4.78, 5) is 12.2. The van der Waals surface area contributed by atoms with Crippen LogP contribution in [-0.4, -0.2) is 18.9 Å². The molecule has 1 aromatic rings. The van der Waals surface area contributed by atoms with Crippen LogP contribution in [0.15, 0.2) is 6.07 Å². The first-order chi connectivity index (χ1) is 7.88. The fourth-order valence-electron chi connectivity index (χ4n) is 2.05. The minimum atomic E-state index is -0.131. The molecular formula is C14H21NO2. The number of Topliss-reactive ketones (excluding diaryl/α,β-unsaturated/α-hetero) is 1. The van der Waals surface area contributed by atoms with E-state index in [9.17, 15) is 4.79 Å². The summed E-state index contributed by atoms with van der Waals surface area (Å²) in [6.07, 6.45) is 0.347. The van der Waals surface area contributed by atoms with Gasteiger partial charge in [0.15, 0.2) is 5.78 Å². The molecule has 1 rings (SSSR count). The summed E-state index contributed by atoms with van der Waals surface area (Å²) < 4.78 is 5.38. The molecule has 1 unspecified atom stereocenters. The highest BCUT2D eigenvalue weighted by atomic mass is 16.5. The van der Waals surface area contributed by atoms with Crippen LogP contribution in [0, 0.1) is 20.8 Å². The molecule has 0 bridgehead atoms. The van der Waals surface area contributed by atoms with Crippen molar-refractivity contribution in [3.8, 4) is 5.75 Å². The Morgan fingerprint density at radius 1 is 1.35 bits per heavy atom. The van der Waals surface area contributed by atoms with Crippen molar-refractivity contribution in [1.29, 1.82) is 0 Å². The topological polar surface area (TPSA) is 52.3 Å². The van der Waals surface area contributed by atoms with Crippen molar-refractivity contribution in [1.82, 2.24) is 0 Å². The van der Waals surface area contributed by atoms with E-state index in [1.807, 2.05) is 33.8 Å². The van der Waals surface area contributed by atoms with Gasteiger partial charge in [-0.05, 0) is 44.4 Å². The molecule has 0 aromatic heterocycles. The fraction of sp³-hybridized carbons (Fsp3) is 0.500. The Morgan fingerprint density at radius 2 is 1.94 bits per heavy atom. The van der Waals surface area contributed by atoms with Gasteiger partial charge >= 0.3 is 0 Å². The van der Waals surface area contributed by atoms with Crippen LogP contribution < -0.4 is 10.5 Å². The molecule has 2 N–H and O–H groups in total. The van der Waals surface area contributed by atoms with Gasteiger partial charge in [-0.1, -0.05) is 6.07 Å². The largest absolute Gasteiger partial charge is 0.496 e. The average Bonchev–Trinajstić information content (AvgIpc) is 2.21. The predicted octanol–water partition coefficient (Wildman–Crippen LogP) is 2.54. The van der Waals surface area contributed by atoms with E-state index in [1.165, 1.54) is 0 Å². The Labute approximate surface area is 103 Å². The van der Waals surface area contributed by atoms with Gasteiger partial charge in [0.25, 0.3) is 0 Å². The Balaban J connectivity index is 3.31. The van der Waals surface area contributed by atoms with Crippen molar-refractivity contribution in [3.05, 3.63) is 28.3 Å². The van der Waals surface area contributed by atoms with Crippen molar-refractivity contribution in [3.63, 3.8) is 0 Å². The maximum absolute atomic E-state index is 12.2. The van der Waals surface area contributed by atoms with Crippen LogP contribution in [0.25, 0.3) is 0 Å². The highest BCUT2D eigenvalue weighted by molar-refractivity contribution is 6.01. The summed E-state index contributed by atoms with van der Waals surface area (Å²) in [6.45, 7) is 7.76. The van der Waals surface area contributed by atoms with Crippen LogP contribution in [0.4, 0.5) is 0 Å². The first-order valence-electron chi connectivity index (χ1n) is 5.82. The zero-order chi connectivity index (χ0) is 13.2. The van der Waals surface area contributed by atoms with Crippen LogP contribution in [0.1, 0.15) is 40.4 Å². The molecule has 94 valence electrons. The van der Waals surface area contributed by atoms with Crippen LogP contribution >= 0.6 is 0 Å². The standard InChI is InChI=1S/C14H21NO2/c1-8-6-9(2)13(12(16)7-10(3)15)14(17-5)11(8)4/h6,10H,7,15H2,1-5H3. The zero-order valence-corrected chi connectivity index (χ0v) is 11.3. The van der Waals surface area contributed by atoms with Crippen molar-refractivity contribution in [2.45, 2.75) is 40.2 Å². The quantitative estimate of drug-likeness (QED) is 0.816. The van der Waals surface area contributed by atoms with E-state index in [4.69, 9.17) is 10.5 Å². The lowest BCUT2D eigenvalue weighted by atomic mass is 9.94. The first kappa shape index (κ1) is 13.7. The van der Waals surface area contributed by atoms with Crippen molar-refractivity contribution in [2.24, 2.45) is 5.73 Å². The number of nitrogens with two attached hydrogens (primary N) is 1. The smallest absolute Gasteiger partial charge is 0.168 e. The van der Waals surface area contributed by atoms with Gasteiger partial charge in [0, 0.05) is 12.5 Å². The lowest BCUT2D eigenvalue weighted by molar-refractivity contribution is 0.0973. The maximum Gasteiger partial charge on any atom is 0.168 e. The van der Waals surface area contributed by atoms with E-state index < -0.39 is 0 Å². The van der Waals surface area contributed by atoms with Gasteiger partial charge in [0.1, 0.15) is 5.75 Å². The van der Waals surface area contributed by atoms with Gasteiger partial charge < -0.3 is 10.5 Å². The fourth-order valence-corrected chi connectivity index (χ4v) is 2.05. The average molecular weight is 235 g/mol. The molecule has 0 saturated heterocycles. The summed E-state index contributed by atoms with van der Waals surface area (Å²) in [6, 6.07) is 1.89. The third kappa shape index (κ3) is 2.86. The molecule has 0 radical (unpaired) electrons. The predicted molar refractivity (Wildman–Crippen MR) is 69.8 cm³/mol. The van der Waals surface area contributed by atoms with Gasteiger partial charge in [0.05, 0.1) is 12.7 Å². The molecule has 0 spiro atoms. The molecule has 0 heterocycles. The second-order valence-corrected chi connectivity index (χ2v) is 4.65. The van der Waals surface area contributed by atoms with E-state index in [0.717, 1.165) is 16.7 Å². The molecule has 0 aliphatic carbocycles. The Bertz CT molecular complexity index is 436. The number of carbonyl (C=O) groups is 1. The number of ketones is 1. The van der Waals surface area contributed by atoms with E-state index >= 15 is 0 Å². The maximum atomic E-state index is 12.2. The number of hydrogen-bond acceptors (Lipinski definition) is 3. The molecule has 0 aliphatic rings. The normalized spacial score (nSPS) is 12.4. The number of rotatable bonds is 4. The second-order valence-electron chi connectivity index (χ2n) is 4.65. The number of methoxy groups -OCH3 is 1. The van der Waals surface area contributed by atoms with Gasteiger partial charge in [-0.25, -0.2) is 0 Å². The molecule has 3 nitrogen and oxygen atoms in total. The molecule has 1 atom stereocenters. The number of hydrogen-bond donors (Lipinski definition) is 1. The van der Waals surface area contributed by atoms with E-state index in [0.29, 0.717) is 17.7 Å². The Hall–Kier alpha value is -1.35. The summed E-state index contributed by atoms with van der Waals surface area (Å²) in [7, 11) is 1.60. The van der Waals surface area contributed by atoms with Gasteiger partial charge in [-0.2, -0.15) is 0 Å². The van der Waals surface area contributed by atoms with Crippen molar-refractivity contribution < 1.29 is 9.53 Å². The third-order valence-corrected chi connectivity index (χ3v) is 2.98. The first-order valence-corrected chi connectivity index (χ1v) is 5.82. The summed E-state index contributed by atoms with van der Waals surface area (Å²) in [5.41, 5.74) is 9.46. The van der Waals surface area contributed by atoms with E-state index in [2.05, 4.69) is 0 Å². The molecule has 17 heavy (non-hydrogen) atoms. The van der Waals surface area contributed by atoms with Gasteiger partial charge in [-0.3, -0.25) is 4.79 Å². The van der Waals surface area contributed by atoms with E-state index in [-0.39, 0.29) is 11.8 Å². The minimum absolute atomic E-state index is 0.0532. The van der Waals surface area contributed by atoms with Gasteiger partial charge in [-0.15, -0.1) is 0 Å². The van der Waals surface area contributed by atoms with Crippen LogP contribution in [-0.2, 0) is 0 Å². The van der Waals surface area contributed by atoms with Crippen LogP contribution in [0.5, 0.6) is 5.75 Å². The van der Waals surface area contributed by atoms with Gasteiger partial charge in [0.2, 0.25) is 0 Å². The summed E-state index contributed by atoms with van der Waals surface area (Å²) in [5.74, 6) is 0.741. The summed E-state index contributed by atoms with van der Waals surface area (Å²) in [5, 5.41) is 0. The highest BCUT2D eigenvalue weighted by Gasteiger charge is 2.19. The Morgan fingerprint density at radius 3 is 2.41 bits per heavy atom. The lowest BCUT2D eigenvalue weighted by Gasteiger charge is -2.16. The van der Waals surface area contributed by atoms with Crippen molar-refractivity contribution in [2.75, 3.05) is 7.11 Å².